The molecule has 0 saturated heterocycles. The summed E-state index contributed by atoms with van der Waals surface area (Å²) in [5, 5.41) is 0. The third kappa shape index (κ3) is 8.73. The molecule has 15 heavy (non-hydrogen) atoms. The summed E-state index contributed by atoms with van der Waals surface area (Å²) in [4.78, 5) is 13.5. The molecule has 92 valence electrons. The lowest BCUT2D eigenvalue weighted by molar-refractivity contribution is -0.130. The molecule has 0 spiro atoms. The molecule has 0 radical (unpaired) electrons. The average molecular weight is 236 g/mol. The van der Waals surface area contributed by atoms with Gasteiger partial charge in [-0.05, 0) is 20.3 Å². The first kappa shape index (κ1) is 17.2. The van der Waals surface area contributed by atoms with E-state index >= 15 is 0 Å². The van der Waals surface area contributed by atoms with Crippen LogP contribution in [-0.4, -0.2) is 23.9 Å². The van der Waals surface area contributed by atoms with Crippen LogP contribution >= 0.6 is 12.4 Å². The Morgan fingerprint density at radius 2 is 1.47 bits per heavy atom. The summed E-state index contributed by atoms with van der Waals surface area (Å²) in [6.07, 6.45) is 6.87. The molecular weight excluding hydrogens is 210 g/mol. The van der Waals surface area contributed by atoms with Gasteiger partial charge in [0.1, 0.15) is 0 Å². The highest BCUT2D eigenvalue weighted by molar-refractivity contribution is 5.85. The van der Waals surface area contributed by atoms with Crippen LogP contribution in [0.25, 0.3) is 0 Å². The number of rotatable bonds is 8. The van der Waals surface area contributed by atoms with E-state index in [1.165, 1.54) is 25.7 Å². The zero-order valence-corrected chi connectivity index (χ0v) is 11.2. The van der Waals surface area contributed by atoms with Gasteiger partial charge in [-0.25, -0.2) is 0 Å². The predicted molar refractivity (Wildman–Crippen MR) is 68.6 cm³/mol. The van der Waals surface area contributed by atoms with Crippen molar-refractivity contribution in [1.29, 1.82) is 0 Å². The summed E-state index contributed by atoms with van der Waals surface area (Å²) in [7, 11) is 0. The second kappa shape index (κ2) is 11.8. The smallest absolute Gasteiger partial charge is 0.222 e. The summed E-state index contributed by atoms with van der Waals surface area (Å²) in [5.74, 6) is 0.325. The Bertz CT molecular complexity index is 147. The molecule has 0 aliphatic carbocycles. The van der Waals surface area contributed by atoms with E-state index < -0.39 is 0 Å². The van der Waals surface area contributed by atoms with Crippen LogP contribution in [-0.2, 0) is 4.79 Å². The highest BCUT2D eigenvalue weighted by Gasteiger charge is 2.07. The summed E-state index contributed by atoms with van der Waals surface area (Å²) in [6, 6.07) is 0. The van der Waals surface area contributed by atoms with Crippen LogP contribution in [0.5, 0.6) is 0 Å². The zero-order valence-electron chi connectivity index (χ0n) is 10.4. The number of nitrogens with zero attached hydrogens (tertiary/aromatic N) is 1. The van der Waals surface area contributed by atoms with Gasteiger partial charge in [0.05, 0.1) is 0 Å². The Morgan fingerprint density at radius 3 is 1.93 bits per heavy atom. The largest absolute Gasteiger partial charge is 0.343 e. The number of carbonyl (C=O) groups excluding carboxylic acids is 1. The maximum Gasteiger partial charge on any atom is 0.222 e. The number of hydrogen-bond acceptors (Lipinski definition) is 1. The van der Waals surface area contributed by atoms with Gasteiger partial charge in [-0.2, -0.15) is 0 Å². The molecule has 0 aliphatic heterocycles. The summed E-state index contributed by atoms with van der Waals surface area (Å²) < 4.78 is 0. The molecule has 0 rings (SSSR count). The quantitative estimate of drug-likeness (QED) is 0.589. The van der Waals surface area contributed by atoms with Gasteiger partial charge in [-0.15, -0.1) is 12.4 Å². The van der Waals surface area contributed by atoms with E-state index in [0.717, 1.165) is 25.9 Å². The molecule has 3 heteroatoms. The van der Waals surface area contributed by atoms with Crippen molar-refractivity contribution in [3.63, 3.8) is 0 Å². The Labute approximate surface area is 101 Å². The maximum absolute atomic E-state index is 11.6. The molecule has 0 aromatic rings. The molecule has 0 aliphatic rings. The number of halogens is 1. The second-order valence-corrected chi connectivity index (χ2v) is 3.73. The minimum Gasteiger partial charge on any atom is -0.343 e. The van der Waals surface area contributed by atoms with E-state index in [1.807, 2.05) is 18.7 Å². The second-order valence-electron chi connectivity index (χ2n) is 3.73. The lowest BCUT2D eigenvalue weighted by Gasteiger charge is -2.18. The summed E-state index contributed by atoms with van der Waals surface area (Å²) in [6.45, 7) is 7.99. The lowest BCUT2D eigenvalue weighted by atomic mass is 10.1. The highest BCUT2D eigenvalue weighted by atomic mass is 35.5. The molecule has 0 aromatic carbocycles. The van der Waals surface area contributed by atoms with Gasteiger partial charge in [-0.3, -0.25) is 4.79 Å². The van der Waals surface area contributed by atoms with Gasteiger partial charge in [0.25, 0.3) is 0 Å². The predicted octanol–water partition coefficient (Wildman–Crippen LogP) is 3.64. The molecule has 0 bridgehead atoms. The van der Waals surface area contributed by atoms with Gasteiger partial charge >= 0.3 is 0 Å². The maximum atomic E-state index is 11.6. The average Bonchev–Trinajstić information content (AvgIpc) is 2.19. The third-order valence-corrected chi connectivity index (χ3v) is 2.61. The van der Waals surface area contributed by atoms with Gasteiger partial charge in [-0.1, -0.05) is 32.6 Å². The normalized spacial score (nSPS) is 9.53. The van der Waals surface area contributed by atoms with Crippen LogP contribution in [0.15, 0.2) is 0 Å². The van der Waals surface area contributed by atoms with Gasteiger partial charge in [0, 0.05) is 19.5 Å². The fourth-order valence-electron chi connectivity index (χ4n) is 1.61. The SMILES string of the molecule is CCCCCCCC(=O)N(CC)CC.Cl. The third-order valence-electron chi connectivity index (χ3n) is 2.61. The van der Waals surface area contributed by atoms with Crippen molar-refractivity contribution in [2.75, 3.05) is 13.1 Å². The monoisotopic (exact) mass is 235 g/mol. The van der Waals surface area contributed by atoms with E-state index in [0.29, 0.717) is 5.91 Å². The van der Waals surface area contributed by atoms with Crippen molar-refractivity contribution in [1.82, 2.24) is 4.90 Å². The Morgan fingerprint density at radius 1 is 0.933 bits per heavy atom. The molecule has 0 unspecified atom stereocenters. The molecular formula is C12H26ClNO. The van der Waals surface area contributed by atoms with Crippen molar-refractivity contribution in [2.45, 2.75) is 59.3 Å². The number of hydrogen-bond donors (Lipinski definition) is 0. The molecule has 0 fully saturated rings. The Hall–Kier alpha value is -0.240. The number of carbonyl (C=O) groups is 1. The number of unbranched alkanes of at least 4 members (excludes halogenated alkanes) is 4. The molecule has 1 amide bonds. The van der Waals surface area contributed by atoms with Crippen molar-refractivity contribution >= 4 is 18.3 Å². The van der Waals surface area contributed by atoms with Crippen LogP contribution in [0.2, 0.25) is 0 Å². The van der Waals surface area contributed by atoms with E-state index in [4.69, 9.17) is 0 Å². The molecule has 0 saturated carbocycles. The van der Waals surface area contributed by atoms with E-state index in [1.54, 1.807) is 0 Å². The van der Waals surface area contributed by atoms with E-state index in [2.05, 4.69) is 6.92 Å². The molecule has 0 N–H and O–H groups in total. The van der Waals surface area contributed by atoms with E-state index in [-0.39, 0.29) is 12.4 Å². The first-order valence-corrected chi connectivity index (χ1v) is 6.04. The van der Waals surface area contributed by atoms with Crippen LogP contribution < -0.4 is 0 Å². The van der Waals surface area contributed by atoms with Crippen molar-refractivity contribution < 1.29 is 4.79 Å². The summed E-state index contributed by atoms with van der Waals surface area (Å²) >= 11 is 0. The van der Waals surface area contributed by atoms with Crippen molar-refractivity contribution in [2.24, 2.45) is 0 Å². The fraction of sp³-hybridized carbons (Fsp3) is 0.917. The lowest BCUT2D eigenvalue weighted by Crippen LogP contribution is -2.30. The molecule has 2 nitrogen and oxygen atoms in total. The van der Waals surface area contributed by atoms with Crippen molar-refractivity contribution in [3.05, 3.63) is 0 Å². The zero-order chi connectivity index (χ0) is 10.8. The number of amides is 1. The minimum atomic E-state index is 0. The van der Waals surface area contributed by atoms with Crippen LogP contribution in [0.3, 0.4) is 0 Å². The highest BCUT2D eigenvalue weighted by Crippen LogP contribution is 2.06. The van der Waals surface area contributed by atoms with Crippen LogP contribution in [0.1, 0.15) is 59.3 Å². The first-order chi connectivity index (χ1) is 6.76. The minimum absolute atomic E-state index is 0. The van der Waals surface area contributed by atoms with Crippen LogP contribution in [0.4, 0.5) is 0 Å². The summed E-state index contributed by atoms with van der Waals surface area (Å²) in [5.41, 5.74) is 0. The van der Waals surface area contributed by atoms with Crippen LogP contribution in [0, 0.1) is 0 Å². The fourth-order valence-corrected chi connectivity index (χ4v) is 1.61. The molecule has 0 atom stereocenters. The topological polar surface area (TPSA) is 20.3 Å². The first-order valence-electron chi connectivity index (χ1n) is 6.04. The van der Waals surface area contributed by atoms with Gasteiger partial charge < -0.3 is 4.90 Å². The standard InChI is InChI=1S/C12H25NO.ClH/c1-4-7-8-9-10-11-12(14)13(5-2)6-3;/h4-11H2,1-3H3;1H. The molecule has 0 heterocycles. The molecule has 0 aromatic heterocycles. The van der Waals surface area contributed by atoms with Gasteiger partial charge in [0.2, 0.25) is 5.91 Å². The van der Waals surface area contributed by atoms with Crippen molar-refractivity contribution in [3.8, 4) is 0 Å². The van der Waals surface area contributed by atoms with E-state index in [9.17, 15) is 4.79 Å². The Kier molecular flexibility index (Phi) is 13.5. The van der Waals surface area contributed by atoms with Gasteiger partial charge in [0.15, 0.2) is 0 Å². The Balaban J connectivity index is 0.